The minimum atomic E-state index is 0.163. The molecule has 21 heavy (non-hydrogen) atoms. The standard InChI is InChI=1S/C16H22N4O/c17-12-16(6-2-1-3-7-16)10-15-19-14(20-21-15)9-13-5-4-8-18-11-13/h4-5,8,11H,1-3,6-7,9-10,12,17H2. The van der Waals surface area contributed by atoms with Crippen molar-refractivity contribution in [3.05, 3.63) is 41.8 Å². The fourth-order valence-electron chi connectivity index (χ4n) is 3.19. The first-order valence-electron chi connectivity index (χ1n) is 7.70. The lowest BCUT2D eigenvalue weighted by Crippen LogP contribution is -2.35. The van der Waals surface area contributed by atoms with E-state index in [4.69, 9.17) is 10.3 Å². The van der Waals surface area contributed by atoms with Crippen LogP contribution in [0.3, 0.4) is 0 Å². The molecule has 0 aromatic carbocycles. The van der Waals surface area contributed by atoms with E-state index in [1.807, 2.05) is 18.3 Å². The fourth-order valence-corrected chi connectivity index (χ4v) is 3.19. The van der Waals surface area contributed by atoms with E-state index in [1.165, 1.54) is 32.1 Å². The third kappa shape index (κ3) is 3.47. The van der Waals surface area contributed by atoms with Crippen LogP contribution in [0.15, 0.2) is 29.0 Å². The Kier molecular flexibility index (Phi) is 4.29. The zero-order valence-corrected chi connectivity index (χ0v) is 12.3. The lowest BCUT2D eigenvalue weighted by Gasteiger charge is -2.34. The number of pyridine rings is 1. The SMILES string of the molecule is NCC1(Cc2nc(Cc3cccnc3)no2)CCCCC1. The molecule has 112 valence electrons. The minimum absolute atomic E-state index is 0.163. The first-order valence-corrected chi connectivity index (χ1v) is 7.70. The summed E-state index contributed by atoms with van der Waals surface area (Å²) in [4.78, 5) is 8.63. The van der Waals surface area contributed by atoms with Crippen LogP contribution in [0.2, 0.25) is 0 Å². The maximum atomic E-state index is 6.02. The lowest BCUT2D eigenvalue weighted by molar-refractivity contribution is 0.177. The number of hydrogen-bond acceptors (Lipinski definition) is 5. The van der Waals surface area contributed by atoms with E-state index in [9.17, 15) is 0 Å². The lowest BCUT2D eigenvalue weighted by atomic mass is 9.72. The summed E-state index contributed by atoms with van der Waals surface area (Å²) in [5, 5.41) is 4.09. The molecule has 1 aliphatic rings. The second-order valence-electron chi connectivity index (χ2n) is 6.08. The van der Waals surface area contributed by atoms with Crippen LogP contribution < -0.4 is 5.73 Å². The molecule has 0 saturated heterocycles. The Balaban J connectivity index is 1.67. The highest BCUT2D eigenvalue weighted by atomic mass is 16.5. The molecule has 0 aliphatic heterocycles. The van der Waals surface area contributed by atoms with Crippen molar-refractivity contribution in [1.82, 2.24) is 15.1 Å². The summed E-state index contributed by atoms with van der Waals surface area (Å²) >= 11 is 0. The van der Waals surface area contributed by atoms with Gasteiger partial charge in [-0.2, -0.15) is 4.98 Å². The van der Waals surface area contributed by atoms with E-state index in [-0.39, 0.29) is 5.41 Å². The van der Waals surface area contributed by atoms with Gasteiger partial charge in [0.2, 0.25) is 5.89 Å². The fraction of sp³-hybridized carbons (Fsp3) is 0.562. The molecular weight excluding hydrogens is 264 g/mol. The molecule has 0 unspecified atom stereocenters. The molecule has 0 spiro atoms. The third-order valence-electron chi connectivity index (χ3n) is 4.47. The van der Waals surface area contributed by atoms with Gasteiger partial charge in [0.05, 0.1) is 0 Å². The smallest absolute Gasteiger partial charge is 0.227 e. The molecule has 1 fully saturated rings. The highest BCUT2D eigenvalue weighted by Crippen LogP contribution is 2.38. The van der Waals surface area contributed by atoms with Crippen LogP contribution in [0.4, 0.5) is 0 Å². The topological polar surface area (TPSA) is 77.8 Å². The van der Waals surface area contributed by atoms with Crippen molar-refractivity contribution in [3.8, 4) is 0 Å². The molecule has 1 aliphatic carbocycles. The van der Waals surface area contributed by atoms with Gasteiger partial charge in [0.25, 0.3) is 0 Å². The van der Waals surface area contributed by atoms with Crippen molar-refractivity contribution in [3.63, 3.8) is 0 Å². The molecule has 2 aromatic rings. The summed E-state index contributed by atoms with van der Waals surface area (Å²) in [6.07, 6.45) is 11.2. The largest absolute Gasteiger partial charge is 0.339 e. The van der Waals surface area contributed by atoms with Gasteiger partial charge in [-0.25, -0.2) is 0 Å². The summed E-state index contributed by atoms with van der Waals surface area (Å²) in [6, 6.07) is 3.94. The summed E-state index contributed by atoms with van der Waals surface area (Å²) in [5.74, 6) is 1.45. The molecule has 0 atom stereocenters. The summed E-state index contributed by atoms with van der Waals surface area (Å²) in [5.41, 5.74) is 7.27. The first kappa shape index (κ1) is 14.2. The maximum absolute atomic E-state index is 6.02. The normalized spacial score (nSPS) is 17.8. The van der Waals surface area contributed by atoms with Crippen LogP contribution >= 0.6 is 0 Å². The highest BCUT2D eigenvalue weighted by Gasteiger charge is 2.32. The summed E-state index contributed by atoms with van der Waals surface area (Å²) in [7, 11) is 0. The van der Waals surface area contributed by atoms with Crippen molar-refractivity contribution in [1.29, 1.82) is 0 Å². The van der Waals surface area contributed by atoms with E-state index in [0.717, 1.165) is 23.7 Å². The predicted molar refractivity (Wildman–Crippen MR) is 79.6 cm³/mol. The number of rotatable bonds is 5. The highest BCUT2D eigenvalue weighted by molar-refractivity contribution is 5.13. The van der Waals surface area contributed by atoms with Crippen LogP contribution in [-0.2, 0) is 12.8 Å². The molecule has 2 N–H and O–H groups in total. The Labute approximate surface area is 125 Å². The molecule has 2 aromatic heterocycles. The second kappa shape index (κ2) is 6.35. The Morgan fingerprint density at radius 1 is 1.24 bits per heavy atom. The summed E-state index contributed by atoms with van der Waals surface area (Å²) < 4.78 is 5.43. The molecule has 2 heterocycles. The Bertz CT molecular complexity index is 561. The van der Waals surface area contributed by atoms with Crippen molar-refractivity contribution in [2.75, 3.05) is 6.54 Å². The van der Waals surface area contributed by atoms with Crippen LogP contribution in [-0.4, -0.2) is 21.7 Å². The molecule has 5 heteroatoms. The van der Waals surface area contributed by atoms with Gasteiger partial charge in [-0.1, -0.05) is 30.5 Å². The van der Waals surface area contributed by atoms with E-state index < -0.39 is 0 Å². The summed E-state index contributed by atoms with van der Waals surface area (Å²) in [6.45, 7) is 0.702. The van der Waals surface area contributed by atoms with Gasteiger partial charge in [-0.15, -0.1) is 0 Å². The molecule has 3 rings (SSSR count). The first-order chi connectivity index (χ1) is 10.3. The van der Waals surface area contributed by atoms with Gasteiger partial charge in [-0.05, 0) is 36.4 Å². The monoisotopic (exact) mass is 286 g/mol. The van der Waals surface area contributed by atoms with Crippen LogP contribution in [0.1, 0.15) is 49.4 Å². The Morgan fingerprint density at radius 2 is 2.10 bits per heavy atom. The zero-order chi connectivity index (χ0) is 14.5. The van der Waals surface area contributed by atoms with Gasteiger partial charge in [0.15, 0.2) is 5.82 Å². The molecule has 0 radical (unpaired) electrons. The van der Waals surface area contributed by atoms with E-state index in [1.54, 1.807) is 6.20 Å². The number of nitrogens with zero attached hydrogens (tertiary/aromatic N) is 3. The van der Waals surface area contributed by atoms with Crippen LogP contribution in [0.25, 0.3) is 0 Å². The average Bonchev–Trinajstić information content (AvgIpc) is 2.96. The van der Waals surface area contributed by atoms with Gasteiger partial charge < -0.3 is 10.3 Å². The predicted octanol–water partition coefficient (Wildman–Crippen LogP) is 2.51. The van der Waals surface area contributed by atoms with Crippen molar-refractivity contribution < 1.29 is 4.52 Å². The Hall–Kier alpha value is -1.75. The third-order valence-corrected chi connectivity index (χ3v) is 4.47. The van der Waals surface area contributed by atoms with Crippen LogP contribution in [0.5, 0.6) is 0 Å². The molecule has 0 amide bonds. The maximum Gasteiger partial charge on any atom is 0.227 e. The van der Waals surface area contributed by atoms with Crippen molar-refractivity contribution in [2.45, 2.75) is 44.9 Å². The van der Waals surface area contributed by atoms with E-state index in [0.29, 0.717) is 13.0 Å². The van der Waals surface area contributed by atoms with Gasteiger partial charge in [0.1, 0.15) is 0 Å². The van der Waals surface area contributed by atoms with E-state index >= 15 is 0 Å². The van der Waals surface area contributed by atoms with Gasteiger partial charge in [0, 0.05) is 25.2 Å². The number of hydrogen-bond donors (Lipinski definition) is 1. The number of aromatic nitrogens is 3. The molecule has 0 bridgehead atoms. The van der Waals surface area contributed by atoms with E-state index in [2.05, 4.69) is 15.1 Å². The van der Waals surface area contributed by atoms with Crippen molar-refractivity contribution in [2.24, 2.45) is 11.1 Å². The van der Waals surface area contributed by atoms with Gasteiger partial charge in [-0.3, -0.25) is 4.98 Å². The van der Waals surface area contributed by atoms with Crippen LogP contribution in [0, 0.1) is 5.41 Å². The Morgan fingerprint density at radius 3 is 2.81 bits per heavy atom. The minimum Gasteiger partial charge on any atom is -0.339 e. The average molecular weight is 286 g/mol. The molecular formula is C16H22N4O. The second-order valence-corrected chi connectivity index (χ2v) is 6.08. The van der Waals surface area contributed by atoms with Gasteiger partial charge >= 0.3 is 0 Å². The molecule has 5 nitrogen and oxygen atoms in total. The number of nitrogens with two attached hydrogens (primary N) is 1. The molecule has 1 saturated carbocycles. The zero-order valence-electron chi connectivity index (χ0n) is 12.3. The quantitative estimate of drug-likeness (QED) is 0.913. The van der Waals surface area contributed by atoms with Crippen molar-refractivity contribution >= 4 is 0 Å².